The Bertz CT molecular complexity index is 718. The second-order valence-electron chi connectivity index (χ2n) is 4.89. The van der Waals surface area contributed by atoms with E-state index in [4.69, 9.17) is 4.42 Å². The molecule has 0 saturated heterocycles. The number of nitrogens with zero attached hydrogens (tertiary/aromatic N) is 1. The van der Waals surface area contributed by atoms with Gasteiger partial charge in [-0.25, -0.2) is 4.98 Å². The minimum absolute atomic E-state index is 0. The van der Waals surface area contributed by atoms with Crippen LogP contribution in [0.3, 0.4) is 0 Å². The Morgan fingerprint density at radius 1 is 0.960 bits per heavy atom. The molecule has 3 rings (SSSR count). The summed E-state index contributed by atoms with van der Waals surface area (Å²) >= 11 is 0. The smallest absolute Gasteiger partial charge is 0.870 e. The number of aromatic nitrogens is 1. The van der Waals surface area contributed by atoms with E-state index in [-0.39, 0.29) is 40.9 Å². The SMILES string of the molecule is O.O=C([O-])CCc1nc(-c2ccccc2)c(-c2ccccc2)o1.[Cu+2].[OH-]. The Labute approximate surface area is 155 Å². The molecule has 0 atom stereocenters. The molecule has 135 valence electrons. The number of benzene rings is 2. The molecule has 0 unspecified atom stereocenters. The van der Waals surface area contributed by atoms with Crippen LogP contribution in [0.1, 0.15) is 12.3 Å². The van der Waals surface area contributed by atoms with Crippen molar-refractivity contribution < 1.29 is 42.3 Å². The first-order valence-corrected chi connectivity index (χ1v) is 7.04. The summed E-state index contributed by atoms with van der Waals surface area (Å²) in [6.07, 6.45) is 0.109. The number of carbonyl (C=O) groups excluding carboxylic acids is 1. The monoisotopic (exact) mass is 390 g/mol. The van der Waals surface area contributed by atoms with E-state index in [2.05, 4.69) is 4.98 Å². The van der Waals surface area contributed by atoms with Crippen molar-refractivity contribution in [3.63, 3.8) is 0 Å². The number of oxazole rings is 1. The van der Waals surface area contributed by atoms with Crippen LogP contribution in [0.5, 0.6) is 0 Å². The molecule has 7 heteroatoms. The first-order chi connectivity index (χ1) is 10.7. The fourth-order valence-corrected chi connectivity index (χ4v) is 2.26. The first-order valence-electron chi connectivity index (χ1n) is 7.04. The van der Waals surface area contributed by atoms with Gasteiger partial charge in [0.05, 0.1) is 0 Å². The van der Waals surface area contributed by atoms with Crippen LogP contribution in [0.15, 0.2) is 65.1 Å². The third-order valence-electron chi connectivity index (χ3n) is 3.30. The molecule has 0 aliphatic carbocycles. The quantitative estimate of drug-likeness (QED) is 0.612. The molecule has 3 N–H and O–H groups in total. The number of aliphatic carboxylic acids is 1. The molecule has 0 amide bonds. The van der Waals surface area contributed by atoms with Crippen LogP contribution in [0.4, 0.5) is 0 Å². The van der Waals surface area contributed by atoms with Gasteiger partial charge in [0.2, 0.25) is 0 Å². The first kappa shape index (κ1) is 22.6. The van der Waals surface area contributed by atoms with Crippen LogP contribution >= 0.6 is 0 Å². The van der Waals surface area contributed by atoms with Crippen LogP contribution in [-0.2, 0) is 28.3 Å². The fourth-order valence-electron chi connectivity index (χ4n) is 2.26. The summed E-state index contributed by atoms with van der Waals surface area (Å²) in [5.74, 6) is -0.0530. The summed E-state index contributed by atoms with van der Waals surface area (Å²) in [7, 11) is 0. The minimum atomic E-state index is -1.11. The molecule has 0 aliphatic rings. The van der Waals surface area contributed by atoms with Crippen molar-refractivity contribution in [2.24, 2.45) is 0 Å². The molecular weight excluding hydrogens is 374 g/mol. The van der Waals surface area contributed by atoms with E-state index in [1.807, 2.05) is 60.7 Å². The summed E-state index contributed by atoms with van der Waals surface area (Å²) in [6, 6.07) is 19.4. The van der Waals surface area contributed by atoms with E-state index in [1.54, 1.807) is 0 Å². The Morgan fingerprint density at radius 2 is 1.48 bits per heavy atom. The Kier molecular flexibility index (Phi) is 9.41. The molecule has 1 radical (unpaired) electrons. The zero-order valence-electron chi connectivity index (χ0n) is 13.1. The van der Waals surface area contributed by atoms with E-state index >= 15 is 0 Å². The van der Waals surface area contributed by atoms with Crippen LogP contribution in [0, 0.1) is 0 Å². The summed E-state index contributed by atoms with van der Waals surface area (Å²) in [5.41, 5.74) is 2.57. The van der Waals surface area contributed by atoms with Gasteiger partial charge in [0.25, 0.3) is 0 Å². The van der Waals surface area contributed by atoms with Gasteiger partial charge in [0.15, 0.2) is 11.7 Å². The zero-order chi connectivity index (χ0) is 15.4. The third-order valence-corrected chi connectivity index (χ3v) is 3.30. The molecule has 0 spiro atoms. The largest absolute Gasteiger partial charge is 2.00 e. The maximum absolute atomic E-state index is 10.6. The van der Waals surface area contributed by atoms with Gasteiger partial charge in [-0.3, -0.25) is 0 Å². The summed E-state index contributed by atoms with van der Waals surface area (Å²) in [6.45, 7) is 0. The molecule has 1 heterocycles. The molecule has 0 aliphatic heterocycles. The van der Waals surface area contributed by atoms with Crippen LogP contribution < -0.4 is 5.11 Å². The molecule has 0 bridgehead atoms. The second-order valence-corrected chi connectivity index (χ2v) is 4.89. The third kappa shape index (κ3) is 5.55. The Morgan fingerprint density at radius 3 is 2.00 bits per heavy atom. The van der Waals surface area contributed by atoms with Gasteiger partial charge in [-0.2, -0.15) is 0 Å². The van der Waals surface area contributed by atoms with Crippen molar-refractivity contribution in [3.8, 4) is 22.6 Å². The van der Waals surface area contributed by atoms with Gasteiger partial charge in [-0.1, -0.05) is 60.7 Å². The van der Waals surface area contributed by atoms with Gasteiger partial charge in [0, 0.05) is 23.5 Å². The maximum Gasteiger partial charge on any atom is 2.00 e. The molecule has 25 heavy (non-hydrogen) atoms. The van der Waals surface area contributed by atoms with E-state index in [0.717, 1.165) is 16.8 Å². The molecule has 1 aromatic heterocycles. The average Bonchev–Trinajstić information content (AvgIpc) is 2.99. The van der Waals surface area contributed by atoms with Crippen molar-refractivity contribution >= 4 is 5.97 Å². The summed E-state index contributed by atoms with van der Waals surface area (Å²) in [4.78, 5) is 15.1. The molecule has 0 fully saturated rings. The summed E-state index contributed by atoms with van der Waals surface area (Å²) in [5, 5.41) is 10.6. The van der Waals surface area contributed by atoms with Gasteiger partial charge in [-0.05, 0) is 6.42 Å². The summed E-state index contributed by atoms with van der Waals surface area (Å²) < 4.78 is 5.80. The van der Waals surface area contributed by atoms with Gasteiger partial charge in [0.1, 0.15) is 5.69 Å². The maximum atomic E-state index is 10.6. The van der Waals surface area contributed by atoms with Gasteiger partial charge < -0.3 is 25.3 Å². The number of hydrogen-bond acceptors (Lipinski definition) is 5. The van der Waals surface area contributed by atoms with Crippen molar-refractivity contribution in [2.45, 2.75) is 12.8 Å². The van der Waals surface area contributed by atoms with Crippen molar-refractivity contribution in [1.29, 1.82) is 0 Å². The Balaban J connectivity index is 0.00000192. The molecule has 6 nitrogen and oxygen atoms in total. The van der Waals surface area contributed by atoms with E-state index < -0.39 is 5.97 Å². The van der Waals surface area contributed by atoms with E-state index in [1.165, 1.54) is 0 Å². The molecular formula is C18H17CuNO5. The normalized spacial score (nSPS) is 9.28. The van der Waals surface area contributed by atoms with Crippen molar-refractivity contribution in [3.05, 3.63) is 66.6 Å². The van der Waals surface area contributed by atoms with Crippen LogP contribution in [0.25, 0.3) is 22.6 Å². The Hall–Kier alpha value is -2.44. The second kappa shape index (κ2) is 10.4. The zero-order valence-corrected chi connectivity index (χ0v) is 14.1. The number of hydrogen-bond donors (Lipinski definition) is 0. The number of aryl methyl sites for hydroxylation is 1. The van der Waals surface area contributed by atoms with Crippen LogP contribution in [0.2, 0.25) is 0 Å². The van der Waals surface area contributed by atoms with Crippen molar-refractivity contribution in [1.82, 2.24) is 4.98 Å². The number of rotatable bonds is 5. The molecule has 0 saturated carbocycles. The van der Waals surface area contributed by atoms with Crippen LogP contribution in [-0.4, -0.2) is 21.9 Å². The minimum Gasteiger partial charge on any atom is -0.870 e. The number of carboxylic acid groups (broad SMARTS) is 1. The fraction of sp³-hybridized carbons (Fsp3) is 0.111. The standard InChI is InChI=1S/C18H15NO3.Cu.2H2O/c20-16(21)12-11-15-19-17(13-7-3-1-4-8-13)18(22-15)14-9-5-2-6-10-14;;;/h1-10H,11-12H2,(H,20,21);;2*1H2/q;+2;;/p-2. The van der Waals surface area contributed by atoms with E-state index in [9.17, 15) is 9.90 Å². The average molecular weight is 391 g/mol. The van der Waals surface area contributed by atoms with E-state index in [0.29, 0.717) is 11.7 Å². The van der Waals surface area contributed by atoms with Gasteiger partial charge in [-0.15, -0.1) is 0 Å². The molecule has 2 aromatic carbocycles. The number of carbonyl (C=O) groups is 1. The molecule has 3 aromatic rings. The topological polar surface area (TPSA) is 128 Å². The number of carboxylic acids is 1. The van der Waals surface area contributed by atoms with Crippen molar-refractivity contribution in [2.75, 3.05) is 0 Å². The predicted octanol–water partition coefficient (Wildman–Crippen LogP) is 1.69. The predicted molar refractivity (Wildman–Crippen MR) is 86.3 cm³/mol. The van der Waals surface area contributed by atoms with Gasteiger partial charge >= 0.3 is 17.1 Å².